The van der Waals surface area contributed by atoms with E-state index >= 15 is 0 Å². The van der Waals surface area contributed by atoms with Gasteiger partial charge in [0.15, 0.2) is 18.1 Å². The van der Waals surface area contributed by atoms with Crippen molar-refractivity contribution in [1.82, 2.24) is 24.9 Å². The molecular weight excluding hydrogens is 428 g/mol. The van der Waals surface area contributed by atoms with Gasteiger partial charge in [0.1, 0.15) is 5.75 Å². The smallest absolute Gasteiger partial charge is 0.276 e. The summed E-state index contributed by atoms with van der Waals surface area (Å²) in [6, 6.07) is 8.97. The predicted molar refractivity (Wildman–Crippen MR) is 106 cm³/mol. The van der Waals surface area contributed by atoms with E-state index in [4.69, 9.17) is 4.74 Å². The van der Waals surface area contributed by atoms with Crippen LogP contribution in [-0.2, 0) is 13.3 Å². The summed E-state index contributed by atoms with van der Waals surface area (Å²) in [6.45, 7) is 2.62. The van der Waals surface area contributed by atoms with Crippen molar-refractivity contribution < 1.29 is 14.3 Å². The molecule has 3 rings (SSSR count). The van der Waals surface area contributed by atoms with Crippen molar-refractivity contribution in [2.45, 2.75) is 20.2 Å². The Hall–Kier alpha value is -3.14. The SMILES string of the molecule is CCn1cc(NC(=O)c2ccn(COc3ccc(Br)cc3)n2)c(C(=O)NC)n1. The molecule has 9 nitrogen and oxygen atoms in total. The van der Waals surface area contributed by atoms with Gasteiger partial charge in [-0.05, 0) is 37.3 Å². The quantitative estimate of drug-likeness (QED) is 0.580. The normalized spacial score (nSPS) is 10.5. The van der Waals surface area contributed by atoms with Crippen LogP contribution in [0.15, 0.2) is 47.2 Å². The molecule has 0 fully saturated rings. The zero-order valence-electron chi connectivity index (χ0n) is 15.3. The molecule has 2 aromatic heterocycles. The molecule has 0 aliphatic rings. The summed E-state index contributed by atoms with van der Waals surface area (Å²) in [5.41, 5.74) is 0.675. The minimum absolute atomic E-state index is 0.149. The van der Waals surface area contributed by atoms with Crippen LogP contribution in [0.5, 0.6) is 5.75 Å². The number of benzene rings is 1. The molecule has 0 aliphatic heterocycles. The van der Waals surface area contributed by atoms with Gasteiger partial charge < -0.3 is 15.4 Å². The lowest BCUT2D eigenvalue weighted by molar-refractivity contribution is 0.0958. The summed E-state index contributed by atoms with van der Waals surface area (Å²) < 4.78 is 9.66. The van der Waals surface area contributed by atoms with E-state index in [0.717, 1.165) is 4.47 Å². The third-order valence-corrected chi connectivity index (χ3v) is 4.36. The molecule has 1 aromatic carbocycles. The van der Waals surface area contributed by atoms with Crippen molar-refractivity contribution in [2.75, 3.05) is 12.4 Å². The van der Waals surface area contributed by atoms with Crippen molar-refractivity contribution in [2.24, 2.45) is 0 Å². The minimum Gasteiger partial charge on any atom is -0.471 e. The van der Waals surface area contributed by atoms with Gasteiger partial charge in [-0.1, -0.05) is 15.9 Å². The molecule has 0 saturated carbocycles. The highest BCUT2D eigenvalue weighted by molar-refractivity contribution is 9.10. The molecule has 3 aromatic rings. The van der Waals surface area contributed by atoms with E-state index in [-0.39, 0.29) is 24.0 Å². The molecular formula is C18H19BrN6O3. The van der Waals surface area contributed by atoms with Crippen molar-refractivity contribution in [1.29, 1.82) is 0 Å². The van der Waals surface area contributed by atoms with Crippen LogP contribution in [0.3, 0.4) is 0 Å². The Morgan fingerprint density at radius 1 is 1.11 bits per heavy atom. The molecule has 0 atom stereocenters. The lowest BCUT2D eigenvalue weighted by Gasteiger charge is -2.06. The molecule has 2 amide bonds. The summed E-state index contributed by atoms with van der Waals surface area (Å²) in [4.78, 5) is 24.4. The van der Waals surface area contributed by atoms with Crippen molar-refractivity contribution in [3.8, 4) is 5.75 Å². The van der Waals surface area contributed by atoms with Gasteiger partial charge in [0.05, 0.1) is 5.69 Å². The predicted octanol–water partition coefficient (Wildman–Crippen LogP) is 2.51. The number of halogens is 1. The minimum atomic E-state index is -0.441. The second-order valence-corrected chi connectivity index (χ2v) is 6.66. The second-order valence-electron chi connectivity index (χ2n) is 5.75. The number of nitrogens with one attached hydrogen (secondary N) is 2. The zero-order valence-corrected chi connectivity index (χ0v) is 16.9. The topological polar surface area (TPSA) is 103 Å². The molecule has 28 heavy (non-hydrogen) atoms. The van der Waals surface area contributed by atoms with E-state index in [0.29, 0.717) is 18.0 Å². The maximum Gasteiger partial charge on any atom is 0.276 e. The van der Waals surface area contributed by atoms with Crippen LogP contribution in [0.4, 0.5) is 5.69 Å². The average molecular weight is 447 g/mol. The summed E-state index contributed by atoms with van der Waals surface area (Å²) in [5.74, 6) is -0.133. The number of carbonyl (C=O) groups is 2. The first-order chi connectivity index (χ1) is 13.5. The number of ether oxygens (including phenoxy) is 1. The van der Waals surface area contributed by atoms with Crippen LogP contribution in [-0.4, -0.2) is 38.4 Å². The molecule has 0 radical (unpaired) electrons. The monoisotopic (exact) mass is 446 g/mol. The highest BCUT2D eigenvalue weighted by atomic mass is 79.9. The number of anilines is 1. The molecule has 0 spiro atoms. The number of nitrogens with zero attached hydrogens (tertiary/aromatic N) is 4. The van der Waals surface area contributed by atoms with Crippen molar-refractivity contribution in [3.05, 3.63) is 58.6 Å². The average Bonchev–Trinajstić information content (AvgIpc) is 3.34. The molecule has 2 N–H and O–H groups in total. The van der Waals surface area contributed by atoms with Gasteiger partial charge in [0, 0.05) is 30.5 Å². The molecule has 2 heterocycles. The standard InChI is InChI=1S/C18H19BrN6O3/c1-3-24-10-15(16(23-24)18(27)20-2)21-17(26)14-8-9-25(22-14)11-28-13-6-4-12(19)5-7-13/h4-10H,3,11H2,1-2H3,(H,20,27)(H,21,26). The van der Waals surface area contributed by atoms with Crippen LogP contribution in [0.2, 0.25) is 0 Å². The summed E-state index contributed by atoms with van der Waals surface area (Å²) in [7, 11) is 1.51. The van der Waals surface area contributed by atoms with Gasteiger partial charge in [-0.3, -0.25) is 14.3 Å². The summed E-state index contributed by atoms with van der Waals surface area (Å²) in [5, 5.41) is 13.6. The van der Waals surface area contributed by atoms with Gasteiger partial charge in [-0.15, -0.1) is 0 Å². The van der Waals surface area contributed by atoms with E-state index in [9.17, 15) is 9.59 Å². The largest absolute Gasteiger partial charge is 0.471 e. The van der Waals surface area contributed by atoms with Gasteiger partial charge in [0.2, 0.25) is 0 Å². The van der Waals surface area contributed by atoms with Crippen molar-refractivity contribution >= 4 is 33.4 Å². The highest BCUT2D eigenvalue weighted by Crippen LogP contribution is 2.17. The first-order valence-electron chi connectivity index (χ1n) is 8.53. The Morgan fingerprint density at radius 2 is 1.86 bits per heavy atom. The Labute approximate surface area is 169 Å². The van der Waals surface area contributed by atoms with Crippen LogP contribution < -0.4 is 15.4 Å². The van der Waals surface area contributed by atoms with E-state index in [1.54, 1.807) is 23.1 Å². The Morgan fingerprint density at radius 3 is 2.54 bits per heavy atom. The van der Waals surface area contributed by atoms with Gasteiger partial charge in [-0.25, -0.2) is 4.68 Å². The van der Waals surface area contributed by atoms with E-state index < -0.39 is 5.91 Å². The first kappa shape index (κ1) is 19.6. The molecule has 10 heteroatoms. The van der Waals surface area contributed by atoms with E-state index in [1.807, 2.05) is 31.2 Å². The zero-order chi connectivity index (χ0) is 20.1. The number of carbonyl (C=O) groups excluding carboxylic acids is 2. The number of hydrogen-bond donors (Lipinski definition) is 2. The van der Waals surface area contributed by atoms with Crippen LogP contribution in [0.1, 0.15) is 27.9 Å². The fourth-order valence-corrected chi connectivity index (χ4v) is 2.64. The Kier molecular flexibility index (Phi) is 6.09. The molecule has 146 valence electrons. The third kappa shape index (κ3) is 4.58. The van der Waals surface area contributed by atoms with Gasteiger partial charge in [0.25, 0.3) is 11.8 Å². The Balaban J connectivity index is 1.66. The van der Waals surface area contributed by atoms with E-state index in [2.05, 4.69) is 36.8 Å². The molecule has 0 saturated heterocycles. The third-order valence-electron chi connectivity index (χ3n) is 3.83. The van der Waals surface area contributed by atoms with Crippen LogP contribution in [0.25, 0.3) is 0 Å². The number of aromatic nitrogens is 4. The van der Waals surface area contributed by atoms with Crippen LogP contribution in [0, 0.1) is 0 Å². The maximum atomic E-state index is 12.5. The highest BCUT2D eigenvalue weighted by Gasteiger charge is 2.19. The number of hydrogen-bond acceptors (Lipinski definition) is 5. The fraction of sp³-hybridized carbons (Fsp3) is 0.222. The lowest BCUT2D eigenvalue weighted by Crippen LogP contribution is -2.22. The fourth-order valence-electron chi connectivity index (χ4n) is 2.37. The van der Waals surface area contributed by atoms with Gasteiger partial charge >= 0.3 is 0 Å². The second kappa shape index (κ2) is 8.70. The van der Waals surface area contributed by atoms with E-state index in [1.165, 1.54) is 11.7 Å². The summed E-state index contributed by atoms with van der Waals surface area (Å²) in [6.07, 6.45) is 3.25. The number of amides is 2. The Bertz CT molecular complexity index is 980. The lowest BCUT2D eigenvalue weighted by atomic mass is 10.3. The maximum absolute atomic E-state index is 12.5. The van der Waals surface area contributed by atoms with Crippen LogP contribution >= 0.6 is 15.9 Å². The first-order valence-corrected chi connectivity index (χ1v) is 9.32. The molecule has 0 aliphatic carbocycles. The molecule has 0 bridgehead atoms. The van der Waals surface area contributed by atoms with Gasteiger partial charge in [-0.2, -0.15) is 10.2 Å². The molecule has 0 unspecified atom stereocenters. The summed E-state index contributed by atoms with van der Waals surface area (Å²) >= 11 is 3.36. The number of aryl methyl sites for hydroxylation is 1. The number of rotatable bonds is 7. The van der Waals surface area contributed by atoms with Crippen molar-refractivity contribution in [3.63, 3.8) is 0 Å².